The predicted molar refractivity (Wildman–Crippen MR) is 111 cm³/mol. The number of benzene rings is 1. The van der Waals surface area contributed by atoms with E-state index >= 15 is 0 Å². The van der Waals surface area contributed by atoms with Crippen molar-refractivity contribution in [2.24, 2.45) is 0 Å². The molecule has 2 aromatic rings. The summed E-state index contributed by atoms with van der Waals surface area (Å²) in [5.41, 5.74) is 1.81. The van der Waals surface area contributed by atoms with Crippen LogP contribution in [0.15, 0.2) is 30.3 Å². The lowest BCUT2D eigenvalue weighted by Gasteiger charge is -2.26. The summed E-state index contributed by atoms with van der Waals surface area (Å²) in [5, 5.41) is 4.68. The average molecular weight is 440 g/mol. The summed E-state index contributed by atoms with van der Waals surface area (Å²) in [6, 6.07) is 5.47. The Morgan fingerprint density at radius 1 is 1.38 bits per heavy atom. The van der Waals surface area contributed by atoms with Gasteiger partial charge in [0.2, 0.25) is 5.91 Å². The van der Waals surface area contributed by atoms with Gasteiger partial charge in [-0.3, -0.25) is 4.79 Å². The molecule has 29 heavy (non-hydrogen) atoms. The topological polar surface area (TPSA) is 72.3 Å². The number of aromatic nitrogens is 2. The van der Waals surface area contributed by atoms with Gasteiger partial charge in [-0.1, -0.05) is 18.5 Å². The zero-order valence-electron chi connectivity index (χ0n) is 16.3. The zero-order valence-corrected chi connectivity index (χ0v) is 17.9. The second-order valence-corrected chi connectivity index (χ2v) is 9.69. The highest BCUT2D eigenvalue weighted by atomic mass is 35.5. The third-order valence-electron chi connectivity index (χ3n) is 4.91. The van der Waals surface area contributed by atoms with Gasteiger partial charge in [-0.05, 0) is 50.1 Å². The third kappa shape index (κ3) is 4.87. The Kier molecular flexibility index (Phi) is 6.43. The van der Waals surface area contributed by atoms with Crippen LogP contribution in [0.4, 0.5) is 4.39 Å². The molecule has 0 saturated carbocycles. The van der Waals surface area contributed by atoms with Crippen molar-refractivity contribution in [3.63, 3.8) is 0 Å². The van der Waals surface area contributed by atoms with Gasteiger partial charge in [0, 0.05) is 24.2 Å². The number of carbonyl (C=O) groups excluding carboxylic acids is 1. The fourth-order valence-corrected chi connectivity index (χ4v) is 5.50. The summed E-state index contributed by atoms with van der Waals surface area (Å²) in [7, 11) is -3.08. The Morgan fingerprint density at radius 3 is 2.66 bits per heavy atom. The summed E-state index contributed by atoms with van der Waals surface area (Å²) in [6.07, 6.45) is 4.20. The van der Waals surface area contributed by atoms with Crippen molar-refractivity contribution in [3.05, 3.63) is 52.6 Å². The lowest BCUT2D eigenvalue weighted by Crippen LogP contribution is -2.40. The third-order valence-corrected chi connectivity index (χ3v) is 7.02. The summed E-state index contributed by atoms with van der Waals surface area (Å²) in [6.45, 7) is 4.20. The molecule has 1 fully saturated rings. The highest BCUT2D eigenvalue weighted by molar-refractivity contribution is 7.91. The lowest BCUT2D eigenvalue weighted by atomic mass is 10.2. The van der Waals surface area contributed by atoms with Crippen LogP contribution in [-0.4, -0.2) is 53.1 Å². The van der Waals surface area contributed by atoms with E-state index < -0.39 is 9.84 Å². The molecule has 6 nitrogen and oxygen atoms in total. The van der Waals surface area contributed by atoms with Crippen molar-refractivity contribution in [2.75, 3.05) is 18.1 Å². The number of hydrogen-bond acceptors (Lipinski definition) is 4. The molecule has 1 aliphatic rings. The van der Waals surface area contributed by atoms with Crippen molar-refractivity contribution in [3.8, 4) is 5.69 Å². The number of rotatable bonds is 6. The zero-order chi connectivity index (χ0) is 21.2. The van der Waals surface area contributed by atoms with Gasteiger partial charge in [-0.25, -0.2) is 17.5 Å². The number of sulfone groups is 1. The quantitative estimate of drug-likeness (QED) is 0.646. The first-order valence-electron chi connectivity index (χ1n) is 9.42. The Morgan fingerprint density at radius 2 is 2.07 bits per heavy atom. The molecule has 1 aliphatic heterocycles. The van der Waals surface area contributed by atoms with Gasteiger partial charge in [0.25, 0.3) is 0 Å². The Bertz CT molecular complexity index is 1030. The Balaban J connectivity index is 1.83. The predicted octanol–water partition coefficient (Wildman–Crippen LogP) is 3.41. The van der Waals surface area contributed by atoms with Gasteiger partial charge in [-0.15, -0.1) is 0 Å². The van der Waals surface area contributed by atoms with Crippen molar-refractivity contribution < 1.29 is 17.6 Å². The molecule has 1 aromatic heterocycles. The molecular formula is C20H23ClFN3O3S. The highest BCUT2D eigenvalue weighted by Gasteiger charge is 2.33. The number of carbonyl (C=O) groups is 1. The van der Waals surface area contributed by atoms with Crippen LogP contribution in [0, 0.1) is 12.7 Å². The molecule has 3 rings (SSSR count). The summed E-state index contributed by atoms with van der Waals surface area (Å²) >= 11 is 6.44. The van der Waals surface area contributed by atoms with Crippen LogP contribution >= 0.6 is 11.6 Å². The molecule has 156 valence electrons. The van der Waals surface area contributed by atoms with Crippen LogP contribution < -0.4 is 0 Å². The van der Waals surface area contributed by atoms with E-state index in [9.17, 15) is 17.6 Å². The van der Waals surface area contributed by atoms with Gasteiger partial charge >= 0.3 is 0 Å². The van der Waals surface area contributed by atoms with Crippen molar-refractivity contribution in [1.82, 2.24) is 14.7 Å². The minimum Gasteiger partial charge on any atom is -0.335 e. The van der Waals surface area contributed by atoms with Gasteiger partial charge in [-0.2, -0.15) is 5.10 Å². The number of halogens is 2. The molecule has 1 amide bonds. The molecule has 1 atom stereocenters. The van der Waals surface area contributed by atoms with Crippen LogP contribution in [0.25, 0.3) is 11.8 Å². The molecule has 0 spiro atoms. The van der Waals surface area contributed by atoms with Crippen LogP contribution in [0.5, 0.6) is 0 Å². The molecule has 0 bridgehead atoms. The minimum atomic E-state index is -3.08. The maximum atomic E-state index is 13.2. The van der Waals surface area contributed by atoms with E-state index in [1.54, 1.807) is 30.0 Å². The second-order valence-electron chi connectivity index (χ2n) is 7.10. The van der Waals surface area contributed by atoms with Crippen molar-refractivity contribution >= 4 is 33.4 Å². The monoisotopic (exact) mass is 439 g/mol. The van der Waals surface area contributed by atoms with E-state index in [0.717, 1.165) is 6.42 Å². The number of aryl methyl sites for hydroxylation is 1. The first-order chi connectivity index (χ1) is 13.7. The fraction of sp³-hybridized carbons (Fsp3) is 0.400. The first kappa shape index (κ1) is 21.5. The average Bonchev–Trinajstić information content (AvgIpc) is 3.17. The molecule has 1 saturated heterocycles. The van der Waals surface area contributed by atoms with E-state index in [-0.39, 0.29) is 29.3 Å². The second kappa shape index (κ2) is 8.67. The molecule has 0 aliphatic carbocycles. The molecule has 0 radical (unpaired) electrons. The normalized spacial score (nSPS) is 18.4. The molecule has 9 heteroatoms. The summed E-state index contributed by atoms with van der Waals surface area (Å²) < 4.78 is 38.2. The smallest absolute Gasteiger partial charge is 0.246 e. The fourth-order valence-electron chi connectivity index (χ4n) is 3.44. The van der Waals surface area contributed by atoms with E-state index in [4.69, 9.17) is 11.6 Å². The van der Waals surface area contributed by atoms with Gasteiger partial charge < -0.3 is 4.90 Å². The SMILES string of the molecule is CCCN(C(=O)C=Cc1c(C)nn(-c2ccc(F)cc2)c1Cl)C1CCS(=O)(=O)C1. The highest BCUT2D eigenvalue weighted by Crippen LogP contribution is 2.25. The first-order valence-corrected chi connectivity index (χ1v) is 11.6. The van der Waals surface area contributed by atoms with E-state index in [1.165, 1.54) is 22.9 Å². The maximum Gasteiger partial charge on any atom is 0.246 e. The minimum absolute atomic E-state index is 0.00879. The number of nitrogens with zero attached hydrogens (tertiary/aromatic N) is 3. The molecule has 0 N–H and O–H groups in total. The van der Waals surface area contributed by atoms with Gasteiger partial charge in [0.15, 0.2) is 9.84 Å². The number of hydrogen-bond donors (Lipinski definition) is 0. The van der Waals surface area contributed by atoms with Crippen molar-refractivity contribution in [1.29, 1.82) is 0 Å². The lowest BCUT2D eigenvalue weighted by molar-refractivity contribution is -0.127. The maximum absolute atomic E-state index is 13.2. The largest absolute Gasteiger partial charge is 0.335 e. The molecule has 1 unspecified atom stereocenters. The molecular weight excluding hydrogens is 417 g/mol. The van der Waals surface area contributed by atoms with E-state index in [0.29, 0.717) is 35.1 Å². The summed E-state index contributed by atoms with van der Waals surface area (Å²) in [5.74, 6) is -0.484. The Hall–Kier alpha value is -2.19. The van der Waals surface area contributed by atoms with Gasteiger partial charge in [0.05, 0.1) is 22.9 Å². The summed E-state index contributed by atoms with van der Waals surface area (Å²) in [4.78, 5) is 14.4. The van der Waals surface area contributed by atoms with Crippen LogP contribution in [0.2, 0.25) is 5.15 Å². The standard InChI is InChI=1S/C20H23ClFN3O3S/c1-3-11-24(17-10-12-29(27,28)13-17)19(26)9-8-18-14(2)23-25(20(18)21)16-6-4-15(22)5-7-16/h4-9,17H,3,10-13H2,1-2H3. The Labute approximate surface area is 174 Å². The van der Waals surface area contributed by atoms with Crippen LogP contribution in [-0.2, 0) is 14.6 Å². The molecule has 2 heterocycles. The number of amides is 1. The van der Waals surface area contributed by atoms with E-state index in [1.807, 2.05) is 6.92 Å². The van der Waals surface area contributed by atoms with Crippen LogP contribution in [0.3, 0.4) is 0 Å². The van der Waals surface area contributed by atoms with Crippen LogP contribution in [0.1, 0.15) is 31.0 Å². The van der Waals surface area contributed by atoms with Crippen molar-refractivity contribution in [2.45, 2.75) is 32.7 Å². The van der Waals surface area contributed by atoms with E-state index in [2.05, 4.69) is 5.10 Å². The molecule has 1 aromatic carbocycles. The van der Waals surface area contributed by atoms with Gasteiger partial charge in [0.1, 0.15) is 11.0 Å².